The normalized spacial score (nSPS) is 10.7. The summed E-state index contributed by atoms with van der Waals surface area (Å²) >= 11 is 1.27. The molecule has 2 heterocycles. The maximum Gasteiger partial charge on any atom is 0.250 e. The van der Waals surface area contributed by atoms with E-state index >= 15 is 0 Å². The molecule has 27 heavy (non-hydrogen) atoms. The average molecular weight is 385 g/mol. The molecule has 0 aliphatic carbocycles. The second kappa shape index (κ2) is 8.09. The van der Waals surface area contributed by atoms with Crippen LogP contribution in [0.5, 0.6) is 0 Å². The summed E-state index contributed by atoms with van der Waals surface area (Å²) in [6.45, 7) is 4.50. The second-order valence-electron chi connectivity index (χ2n) is 5.69. The topological polar surface area (TPSA) is 116 Å². The summed E-state index contributed by atoms with van der Waals surface area (Å²) < 4.78 is 7.26. The van der Waals surface area contributed by atoms with Crippen molar-refractivity contribution in [3.8, 4) is 11.4 Å². The molecule has 0 saturated heterocycles. The lowest BCUT2D eigenvalue weighted by atomic mass is 10.1. The number of aromatic nitrogens is 3. The highest BCUT2D eigenvalue weighted by molar-refractivity contribution is 7.99. The minimum Gasteiger partial charge on any atom is -0.469 e. The molecule has 0 fully saturated rings. The van der Waals surface area contributed by atoms with Gasteiger partial charge in [0.05, 0.1) is 28.8 Å². The first-order valence-electron chi connectivity index (χ1n) is 8.30. The van der Waals surface area contributed by atoms with E-state index in [2.05, 4.69) is 15.5 Å². The number of aryl methyl sites for hydroxylation is 1. The van der Waals surface area contributed by atoms with Crippen molar-refractivity contribution < 1.29 is 14.0 Å². The fraction of sp³-hybridized carbons (Fsp3) is 0.222. The van der Waals surface area contributed by atoms with Crippen LogP contribution in [0.15, 0.2) is 46.2 Å². The molecule has 9 heteroatoms. The Morgan fingerprint density at radius 2 is 2.04 bits per heavy atom. The number of carbonyl (C=O) groups is 2. The predicted molar refractivity (Wildman–Crippen MR) is 102 cm³/mol. The van der Waals surface area contributed by atoms with Gasteiger partial charge in [0.2, 0.25) is 5.91 Å². The molecule has 140 valence electrons. The summed E-state index contributed by atoms with van der Waals surface area (Å²) in [7, 11) is 0. The maximum absolute atomic E-state index is 12.3. The summed E-state index contributed by atoms with van der Waals surface area (Å²) in [5.41, 5.74) is 6.86. The lowest BCUT2D eigenvalue weighted by molar-refractivity contribution is -0.113. The molecular formula is C18H19N5O3S. The van der Waals surface area contributed by atoms with Crippen molar-refractivity contribution in [3.05, 3.63) is 47.9 Å². The lowest BCUT2D eigenvalue weighted by Gasteiger charge is -2.09. The highest BCUT2D eigenvalue weighted by Gasteiger charge is 2.18. The third-order valence-corrected chi connectivity index (χ3v) is 4.90. The van der Waals surface area contributed by atoms with Crippen molar-refractivity contribution in [1.29, 1.82) is 0 Å². The van der Waals surface area contributed by atoms with Gasteiger partial charge in [0.15, 0.2) is 11.0 Å². The number of anilines is 1. The molecule has 0 unspecified atom stereocenters. The largest absolute Gasteiger partial charge is 0.469 e. The van der Waals surface area contributed by atoms with Gasteiger partial charge in [-0.3, -0.25) is 9.59 Å². The van der Waals surface area contributed by atoms with Gasteiger partial charge in [-0.2, -0.15) is 0 Å². The number of para-hydroxylation sites is 1. The number of hydrogen-bond donors (Lipinski definition) is 2. The van der Waals surface area contributed by atoms with Gasteiger partial charge in [-0.15, -0.1) is 10.2 Å². The molecular weight excluding hydrogens is 366 g/mol. The van der Waals surface area contributed by atoms with E-state index < -0.39 is 5.91 Å². The summed E-state index contributed by atoms with van der Waals surface area (Å²) in [6.07, 6.45) is 1.61. The predicted octanol–water partition coefficient (Wildman–Crippen LogP) is 2.70. The van der Waals surface area contributed by atoms with Crippen molar-refractivity contribution in [1.82, 2.24) is 14.8 Å². The van der Waals surface area contributed by atoms with Crippen LogP contribution in [0.2, 0.25) is 0 Å². The number of thioether (sulfide) groups is 1. The van der Waals surface area contributed by atoms with Crippen LogP contribution in [-0.4, -0.2) is 32.3 Å². The number of nitrogens with zero attached hydrogens (tertiary/aromatic N) is 3. The van der Waals surface area contributed by atoms with Gasteiger partial charge in [-0.25, -0.2) is 0 Å². The average Bonchev–Trinajstić information content (AvgIpc) is 3.25. The molecule has 0 atom stereocenters. The minimum absolute atomic E-state index is 0.121. The van der Waals surface area contributed by atoms with Crippen LogP contribution in [0.3, 0.4) is 0 Å². The number of amides is 2. The van der Waals surface area contributed by atoms with Gasteiger partial charge in [0.25, 0.3) is 5.91 Å². The first-order chi connectivity index (χ1) is 13.0. The van der Waals surface area contributed by atoms with Crippen molar-refractivity contribution >= 4 is 29.3 Å². The molecule has 2 aromatic heterocycles. The Labute approximate surface area is 160 Å². The Morgan fingerprint density at radius 1 is 1.26 bits per heavy atom. The molecule has 1 aromatic carbocycles. The van der Waals surface area contributed by atoms with Crippen molar-refractivity contribution in [2.75, 3.05) is 11.1 Å². The van der Waals surface area contributed by atoms with E-state index in [1.54, 1.807) is 30.5 Å². The van der Waals surface area contributed by atoms with E-state index in [9.17, 15) is 9.59 Å². The molecule has 0 saturated carbocycles. The fourth-order valence-corrected chi connectivity index (χ4v) is 3.42. The van der Waals surface area contributed by atoms with Crippen LogP contribution in [0.1, 0.15) is 23.0 Å². The van der Waals surface area contributed by atoms with Crippen LogP contribution >= 0.6 is 11.8 Å². The zero-order valence-electron chi connectivity index (χ0n) is 14.9. The number of nitrogens with one attached hydrogen (secondary N) is 1. The minimum atomic E-state index is -0.593. The van der Waals surface area contributed by atoms with Crippen LogP contribution < -0.4 is 11.1 Å². The van der Waals surface area contributed by atoms with Gasteiger partial charge in [0, 0.05) is 6.54 Å². The van der Waals surface area contributed by atoms with E-state index in [4.69, 9.17) is 10.2 Å². The van der Waals surface area contributed by atoms with Crippen molar-refractivity contribution in [2.45, 2.75) is 25.5 Å². The summed E-state index contributed by atoms with van der Waals surface area (Å²) in [6, 6.07) is 8.46. The van der Waals surface area contributed by atoms with Crippen LogP contribution in [0.4, 0.5) is 5.69 Å². The highest BCUT2D eigenvalue weighted by Crippen LogP contribution is 2.27. The van der Waals surface area contributed by atoms with E-state index in [-0.39, 0.29) is 17.2 Å². The number of carbonyl (C=O) groups excluding carboxylic acids is 2. The van der Waals surface area contributed by atoms with Crippen molar-refractivity contribution in [2.24, 2.45) is 5.73 Å². The molecule has 0 radical (unpaired) electrons. The third-order valence-electron chi connectivity index (χ3n) is 3.93. The van der Waals surface area contributed by atoms with Gasteiger partial charge < -0.3 is 20.0 Å². The Balaban J connectivity index is 1.71. The second-order valence-corrected chi connectivity index (χ2v) is 6.63. The Bertz CT molecular complexity index is 979. The smallest absolute Gasteiger partial charge is 0.250 e. The highest BCUT2D eigenvalue weighted by atomic mass is 32.2. The first kappa shape index (κ1) is 18.7. The molecule has 8 nitrogen and oxygen atoms in total. The zero-order chi connectivity index (χ0) is 19.4. The van der Waals surface area contributed by atoms with E-state index in [1.807, 2.05) is 24.5 Å². The number of furan rings is 1. The molecule has 3 N–H and O–H groups in total. The fourth-order valence-electron chi connectivity index (χ4n) is 2.62. The quantitative estimate of drug-likeness (QED) is 0.604. The SMILES string of the molecule is CCn1c(SCC(=O)Nc2ccccc2C(N)=O)nnc1-c1ccoc1C. The van der Waals surface area contributed by atoms with E-state index in [1.165, 1.54) is 11.8 Å². The van der Waals surface area contributed by atoms with Crippen LogP contribution in [0, 0.1) is 6.92 Å². The molecule has 3 aromatic rings. The number of primary amides is 1. The molecule has 0 spiro atoms. The molecule has 0 aliphatic heterocycles. The van der Waals surface area contributed by atoms with Gasteiger partial charge in [-0.1, -0.05) is 23.9 Å². The Kier molecular flexibility index (Phi) is 5.60. The lowest BCUT2D eigenvalue weighted by Crippen LogP contribution is -2.19. The van der Waals surface area contributed by atoms with Crippen LogP contribution in [0.25, 0.3) is 11.4 Å². The standard InChI is InChI=1S/C18H19N5O3S/c1-3-23-17(12-8-9-26-11(12)2)21-22-18(23)27-10-15(24)20-14-7-5-4-6-13(14)16(19)25/h4-9H,3,10H2,1-2H3,(H2,19,25)(H,20,24). The third kappa shape index (κ3) is 4.03. The Morgan fingerprint density at radius 3 is 2.70 bits per heavy atom. The summed E-state index contributed by atoms with van der Waals surface area (Å²) in [5.74, 6) is 0.722. The monoisotopic (exact) mass is 385 g/mol. The maximum atomic E-state index is 12.3. The van der Waals surface area contributed by atoms with Gasteiger partial charge in [-0.05, 0) is 32.0 Å². The summed E-state index contributed by atoms with van der Waals surface area (Å²) in [5, 5.41) is 11.8. The molecule has 0 aliphatic rings. The first-order valence-corrected chi connectivity index (χ1v) is 9.29. The van der Waals surface area contributed by atoms with Crippen molar-refractivity contribution in [3.63, 3.8) is 0 Å². The van der Waals surface area contributed by atoms with E-state index in [0.717, 1.165) is 11.3 Å². The van der Waals surface area contributed by atoms with Gasteiger partial charge in [0.1, 0.15) is 5.76 Å². The van der Waals surface area contributed by atoms with E-state index in [0.29, 0.717) is 23.2 Å². The number of nitrogens with two attached hydrogens (primary N) is 1. The Hall–Kier alpha value is -3.07. The molecule has 0 bridgehead atoms. The number of hydrogen-bond acceptors (Lipinski definition) is 6. The number of rotatable bonds is 7. The molecule has 3 rings (SSSR count). The molecule has 2 amide bonds. The zero-order valence-corrected chi connectivity index (χ0v) is 15.7. The summed E-state index contributed by atoms with van der Waals surface area (Å²) in [4.78, 5) is 23.7. The number of benzene rings is 1. The van der Waals surface area contributed by atoms with Crippen LogP contribution in [-0.2, 0) is 11.3 Å². The van der Waals surface area contributed by atoms with Gasteiger partial charge >= 0.3 is 0 Å².